The minimum absolute atomic E-state index is 0.0122. The Kier molecular flexibility index (Phi) is 6.37. The highest BCUT2D eigenvalue weighted by molar-refractivity contribution is 7.93. The number of aromatic nitrogens is 2. The van der Waals surface area contributed by atoms with Crippen molar-refractivity contribution >= 4 is 26.8 Å². The largest absolute Gasteiger partial charge is 0.382 e. The van der Waals surface area contributed by atoms with Gasteiger partial charge < -0.3 is 5.73 Å². The molecular weight excluding hydrogens is 415 g/mol. The van der Waals surface area contributed by atoms with Crippen molar-refractivity contribution in [3.63, 3.8) is 0 Å². The third kappa shape index (κ3) is 4.14. The second kappa shape index (κ2) is 8.82. The molecule has 0 spiro atoms. The lowest BCUT2D eigenvalue weighted by Gasteiger charge is -2.22. The fourth-order valence-corrected chi connectivity index (χ4v) is 5.87. The number of nitriles is 1. The summed E-state index contributed by atoms with van der Waals surface area (Å²) in [5.41, 5.74) is 6.44. The smallest absolute Gasteiger partial charge is 0.198 e. The Morgan fingerprint density at radius 2 is 1.94 bits per heavy atom. The van der Waals surface area contributed by atoms with Crippen LogP contribution in [0.1, 0.15) is 43.9 Å². The third-order valence-electron chi connectivity index (χ3n) is 5.45. The van der Waals surface area contributed by atoms with E-state index in [2.05, 4.69) is 16.5 Å². The van der Waals surface area contributed by atoms with Crippen molar-refractivity contribution in [3.05, 3.63) is 72.5 Å². The summed E-state index contributed by atoms with van der Waals surface area (Å²) in [6.45, 7) is 5.54. The molecule has 1 saturated carbocycles. The van der Waals surface area contributed by atoms with E-state index in [4.69, 9.17) is 5.73 Å². The number of nitrogen functional groups attached to an aromatic ring is 1. The van der Waals surface area contributed by atoms with Gasteiger partial charge in [0.2, 0.25) is 0 Å². The SMILES string of the molecule is C=C(/C=C(F)\C(=C/C)c1cnc(N)cn1)c1ccccc1S(=O)(=O)C1(C#N)CCCC1. The number of hydrogen-bond donors (Lipinski definition) is 1. The quantitative estimate of drug-likeness (QED) is 0.658. The van der Waals surface area contributed by atoms with Gasteiger partial charge in [0.05, 0.1) is 29.1 Å². The first-order valence-electron chi connectivity index (χ1n) is 9.82. The standard InChI is InChI=1S/C23H23FN4O2S/c1-3-17(20-13-28-22(26)14-27-20)19(24)12-16(2)18-8-4-5-9-21(18)31(29,30)23(15-25)10-6-7-11-23/h3-5,8-9,12-14H,2,6-7,10-11H2,1H3,(H2,26,28)/b17-3+,19-12+. The third-order valence-corrected chi connectivity index (χ3v) is 7.91. The van der Waals surface area contributed by atoms with Crippen LogP contribution in [0.5, 0.6) is 0 Å². The number of rotatable bonds is 6. The first-order chi connectivity index (χ1) is 14.8. The van der Waals surface area contributed by atoms with E-state index >= 15 is 4.39 Å². The highest BCUT2D eigenvalue weighted by Gasteiger charge is 2.48. The maximum absolute atomic E-state index is 15.1. The van der Waals surface area contributed by atoms with E-state index in [9.17, 15) is 13.7 Å². The molecule has 0 saturated heterocycles. The minimum Gasteiger partial charge on any atom is -0.382 e. The fraction of sp³-hybridized carbons (Fsp3) is 0.261. The summed E-state index contributed by atoms with van der Waals surface area (Å²) in [5.74, 6) is -0.430. The normalized spacial score (nSPS) is 16.7. The summed E-state index contributed by atoms with van der Waals surface area (Å²) in [7, 11) is -3.97. The molecule has 0 radical (unpaired) electrons. The molecule has 31 heavy (non-hydrogen) atoms. The molecule has 0 bridgehead atoms. The van der Waals surface area contributed by atoms with Gasteiger partial charge in [-0.15, -0.1) is 0 Å². The maximum atomic E-state index is 15.1. The zero-order chi connectivity index (χ0) is 22.6. The van der Waals surface area contributed by atoms with E-state index in [0.29, 0.717) is 12.8 Å². The zero-order valence-electron chi connectivity index (χ0n) is 17.2. The lowest BCUT2D eigenvalue weighted by molar-refractivity contribution is 0.557. The van der Waals surface area contributed by atoms with E-state index in [1.54, 1.807) is 25.1 Å². The van der Waals surface area contributed by atoms with Crippen molar-refractivity contribution in [1.82, 2.24) is 9.97 Å². The van der Waals surface area contributed by atoms with E-state index in [1.807, 2.05) is 6.07 Å². The van der Waals surface area contributed by atoms with Gasteiger partial charge in [0.1, 0.15) is 11.6 Å². The van der Waals surface area contributed by atoms with E-state index in [0.717, 1.165) is 6.08 Å². The van der Waals surface area contributed by atoms with Crippen molar-refractivity contribution in [3.8, 4) is 6.07 Å². The number of allylic oxidation sites excluding steroid dienone is 5. The Bertz CT molecular complexity index is 1200. The summed E-state index contributed by atoms with van der Waals surface area (Å²) in [5, 5.41) is 9.69. The van der Waals surface area contributed by atoms with Gasteiger partial charge in [-0.3, -0.25) is 4.98 Å². The number of nitrogens with zero attached hydrogens (tertiary/aromatic N) is 3. The monoisotopic (exact) mass is 438 g/mol. The van der Waals surface area contributed by atoms with Crippen LogP contribution in [-0.4, -0.2) is 23.1 Å². The number of nitrogens with two attached hydrogens (primary N) is 1. The molecule has 8 heteroatoms. The summed E-state index contributed by atoms with van der Waals surface area (Å²) in [6, 6.07) is 8.29. The Labute approximate surface area is 181 Å². The van der Waals surface area contributed by atoms with Gasteiger partial charge in [-0.25, -0.2) is 17.8 Å². The molecule has 1 aromatic carbocycles. The van der Waals surface area contributed by atoms with E-state index < -0.39 is 20.4 Å². The molecule has 1 aromatic heterocycles. The van der Waals surface area contributed by atoms with Crippen molar-refractivity contribution in [1.29, 1.82) is 5.26 Å². The lowest BCUT2D eigenvalue weighted by Crippen LogP contribution is -2.34. The van der Waals surface area contributed by atoms with Crippen LogP contribution in [0.2, 0.25) is 0 Å². The first-order valence-corrected chi connectivity index (χ1v) is 11.3. The van der Waals surface area contributed by atoms with Crippen LogP contribution in [0.15, 0.2) is 66.1 Å². The highest BCUT2D eigenvalue weighted by Crippen LogP contribution is 2.42. The maximum Gasteiger partial charge on any atom is 0.198 e. The lowest BCUT2D eigenvalue weighted by atomic mass is 10.0. The molecule has 2 aromatic rings. The first kappa shape index (κ1) is 22.4. The molecule has 1 fully saturated rings. The Morgan fingerprint density at radius 1 is 1.26 bits per heavy atom. The average Bonchev–Trinajstić information content (AvgIpc) is 3.26. The van der Waals surface area contributed by atoms with Gasteiger partial charge in [0, 0.05) is 5.57 Å². The predicted octanol–water partition coefficient (Wildman–Crippen LogP) is 4.64. The van der Waals surface area contributed by atoms with Gasteiger partial charge in [-0.05, 0) is 43.0 Å². The van der Waals surface area contributed by atoms with Crippen LogP contribution in [-0.2, 0) is 9.84 Å². The number of benzene rings is 1. The zero-order valence-corrected chi connectivity index (χ0v) is 18.0. The molecule has 2 N–H and O–H groups in total. The Hall–Kier alpha value is -3.31. The molecule has 1 heterocycles. The van der Waals surface area contributed by atoms with Gasteiger partial charge in [-0.1, -0.05) is 43.7 Å². The second-order valence-electron chi connectivity index (χ2n) is 7.36. The molecule has 1 aliphatic carbocycles. The Balaban J connectivity index is 2.02. The van der Waals surface area contributed by atoms with Crippen molar-refractivity contribution in [2.24, 2.45) is 0 Å². The molecule has 0 unspecified atom stereocenters. The van der Waals surface area contributed by atoms with Gasteiger partial charge in [0.15, 0.2) is 14.6 Å². The number of halogens is 1. The fourth-order valence-electron chi connectivity index (χ4n) is 3.76. The summed E-state index contributed by atoms with van der Waals surface area (Å²) >= 11 is 0. The molecule has 1 aliphatic rings. The summed E-state index contributed by atoms with van der Waals surface area (Å²) in [6.07, 6.45) is 7.31. The van der Waals surface area contributed by atoms with Gasteiger partial charge in [-0.2, -0.15) is 5.26 Å². The average molecular weight is 439 g/mol. The minimum atomic E-state index is -3.97. The number of hydrogen-bond acceptors (Lipinski definition) is 6. The summed E-state index contributed by atoms with van der Waals surface area (Å²) < 4.78 is 40.5. The van der Waals surface area contributed by atoms with Crippen molar-refractivity contribution < 1.29 is 12.8 Å². The molecule has 6 nitrogen and oxygen atoms in total. The molecule has 0 atom stereocenters. The van der Waals surface area contributed by atoms with Gasteiger partial charge >= 0.3 is 0 Å². The molecule has 160 valence electrons. The van der Waals surface area contributed by atoms with Crippen LogP contribution in [0.4, 0.5) is 10.2 Å². The molecule has 0 aliphatic heterocycles. The topological polar surface area (TPSA) is 110 Å². The van der Waals surface area contributed by atoms with Crippen LogP contribution >= 0.6 is 0 Å². The predicted molar refractivity (Wildman–Crippen MR) is 119 cm³/mol. The van der Waals surface area contributed by atoms with Crippen LogP contribution < -0.4 is 5.73 Å². The Morgan fingerprint density at radius 3 is 2.52 bits per heavy atom. The van der Waals surface area contributed by atoms with Gasteiger partial charge in [0.25, 0.3) is 0 Å². The molecule has 3 rings (SSSR count). The molecular formula is C23H23FN4O2S. The van der Waals surface area contributed by atoms with E-state index in [1.165, 1.54) is 24.5 Å². The van der Waals surface area contributed by atoms with Crippen LogP contribution in [0.25, 0.3) is 11.1 Å². The second-order valence-corrected chi connectivity index (χ2v) is 9.59. The number of anilines is 1. The van der Waals surface area contributed by atoms with Crippen LogP contribution in [0.3, 0.4) is 0 Å². The number of sulfone groups is 1. The van der Waals surface area contributed by atoms with Crippen LogP contribution in [0, 0.1) is 11.3 Å². The molecule has 0 amide bonds. The van der Waals surface area contributed by atoms with E-state index in [-0.39, 0.29) is 46.0 Å². The highest BCUT2D eigenvalue weighted by atomic mass is 32.2. The van der Waals surface area contributed by atoms with Crippen molar-refractivity contribution in [2.75, 3.05) is 5.73 Å². The van der Waals surface area contributed by atoms with Crippen molar-refractivity contribution in [2.45, 2.75) is 42.2 Å². The summed E-state index contributed by atoms with van der Waals surface area (Å²) in [4.78, 5) is 7.99.